The molecule has 1 unspecified atom stereocenters. The molecular formula is C56H98N2O18. The molecule has 3 N–H and O–H groups in total. The second kappa shape index (κ2) is 29.3. The summed E-state index contributed by atoms with van der Waals surface area (Å²) >= 11 is 0. The Hall–Kier alpha value is -2.44. The van der Waals surface area contributed by atoms with Crippen LogP contribution in [-0.2, 0) is 71.3 Å². The fourth-order valence-electron chi connectivity index (χ4n) is 12.3. The molecule has 76 heavy (non-hydrogen) atoms. The van der Waals surface area contributed by atoms with Gasteiger partial charge in [0.25, 0.3) is 0 Å². The number of rotatable bonds is 17. The topological polar surface area (TPSA) is 238 Å². The Bertz CT molecular complexity index is 1830. The Morgan fingerprint density at radius 3 is 2.12 bits per heavy atom. The summed E-state index contributed by atoms with van der Waals surface area (Å²) in [6.07, 6.45) is -8.77. The summed E-state index contributed by atoms with van der Waals surface area (Å²) in [5, 5.41) is 39.2. The van der Waals surface area contributed by atoms with Gasteiger partial charge in [-0.25, -0.2) is 0 Å². The highest BCUT2D eigenvalue weighted by Gasteiger charge is 2.51. The molecule has 0 aromatic rings. The molecule has 0 aromatic heterocycles. The molecule has 0 bridgehead atoms. The van der Waals surface area contributed by atoms with Crippen LogP contribution in [0.4, 0.5) is 0 Å². The van der Waals surface area contributed by atoms with Gasteiger partial charge in [0.05, 0.1) is 54.7 Å². The lowest BCUT2D eigenvalue weighted by Crippen LogP contribution is -2.59. The second-order valence-electron chi connectivity index (χ2n) is 23.7. The van der Waals surface area contributed by atoms with Gasteiger partial charge in [-0.3, -0.25) is 19.3 Å². The first-order valence-corrected chi connectivity index (χ1v) is 28.2. The number of cyclic esters (lactones) is 1. The molecule has 440 valence electrons. The van der Waals surface area contributed by atoms with Crippen molar-refractivity contribution in [2.24, 2.45) is 52.5 Å². The summed E-state index contributed by atoms with van der Waals surface area (Å²) < 4.78 is 69.5. The Kier molecular flexibility index (Phi) is 24.8. The molecule has 0 radical (unpaired) electrons. The summed E-state index contributed by atoms with van der Waals surface area (Å²) in [7, 11) is 4.33. The van der Waals surface area contributed by atoms with Crippen molar-refractivity contribution in [3.8, 4) is 0 Å². The normalized spacial score (nSPS) is 42.2. The van der Waals surface area contributed by atoms with Crippen LogP contribution in [0, 0.1) is 47.3 Å². The van der Waals surface area contributed by atoms with Crippen LogP contribution in [0.25, 0.3) is 0 Å². The third-order valence-corrected chi connectivity index (χ3v) is 16.6. The van der Waals surface area contributed by atoms with E-state index in [0.29, 0.717) is 24.6 Å². The average molecular weight is 1090 g/mol. The molecule has 0 aromatic carbocycles. The molecule has 0 spiro atoms. The van der Waals surface area contributed by atoms with Crippen molar-refractivity contribution in [1.82, 2.24) is 4.90 Å². The monoisotopic (exact) mass is 1090 g/mol. The maximum absolute atomic E-state index is 15.4. The molecule has 20 nitrogen and oxygen atoms in total. The SMILES string of the molecule is CO/N=C1\C[C@@H](C)O[C@@H](O[C@@H]2[C@@H](C)[C@H](O[C@H]3CC(C)N(CCC4CCOCC4)C[C@H](C)O3)[C@@H](C)C(=O)O[C@H]([C@@H](C)CO[C@@H]3O[C@H](C)[C@@H](O)[C@@H](OC)[C@H]3OC)[C@H](C)[C@@H](OC(=O)CC(C)C)[C@@H](C)C(=O)[C@@](C)(O)C[C@@H]2C)[C@@H]1O. The van der Waals surface area contributed by atoms with Crippen molar-refractivity contribution < 1.29 is 86.6 Å². The predicted octanol–water partition coefficient (Wildman–Crippen LogP) is 5.46. The van der Waals surface area contributed by atoms with Crippen LogP contribution in [0.5, 0.6) is 0 Å². The molecule has 5 saturated heterocycles. The van der Waals surface area contributed by atoms with Crippen LogP contribution in [-0.4, -0.2) is 196 Å². The van der Waals surface area contributed by atoms with E-state index in [1.807, 2.05) is 48.5 Å². The minimum Gasteiger partial charge on any atom is -0.461 e. The number of methoxy groups -OCH3 is 2. The third kappa shape index (κ3) is 16.8. The zero-order valence-electron chi connectivity index (χ0n) is 48.6. The average Bonchev–Trinajstić information content (AvgIpc) is 3.50. The van der Waals surface area contributed by atoms with Gasteiger partial charge in [0, 0.05) is 77.0 Å². The number of oxime groups is 1. The molecule has 5 rings (SSSR count). The third-order valence-electron chi connectivity index (χ3n) is 16.6. The lowest BCUT2D eigenvalue weighted by Gasteiger charge is -2.44. The first-order chi connectivity index (χ1) is 35.8. The highest BCUT2D eigenvalue weighted by atomic mass is 16.7. The van der Waals surface area contributed by atoms with Gasteiger partial charge in [-0.1, -0.05) is 53.6 Å². The summed E-state index contributed by atoms with van der Waals surface area (Å²) in [6.45, 7) is 26.6. The number of aliphatic hydroxyl groups is 3. The van der Waals surface area contributed by atoms with Crippen molar-refractivity contribution in [2.75, 3.05) is 54.2 Å². The van der Waals surface area contributed by atoms with Gasteiger partial charge in [0.1, 0.15) is 49.3 Å². The largest absolute Gasteiger partial charge is 0.461 e. The fraction of sp³-hybridized carbons (Fsp3) is 0.929. The van der Waals surface area contributed by atoms with Gasteiger partial charge in [0.2, 0.25) is 0 Å². The highest BCUT2D eigenvalue weighted by molar-refractivity contribution is 5.90. The number of carbonyl (C=O) groups excluding carboxylic acids is 3. The summed E-state index contributed by atoms with van der Waals surface area (Å²) in [5.41, 5.74) is -1.70. The van der Waals surface area contributed by atoms with E-state index >= 15 is 9.59 Å². The Labute approximate surface area is 453 Å². The van der Waals surface area contributed by atoms with Crippen LogP contribution >= 0.6 is 0 Å². The van der Waals surface area contributed by atoms with E-state index in [1.165, 1.54) is 28.3 Å². The molecule has 22 atom stereocenters. The van der Waals surface area contributed by atoms with Gasteiger partial charge in [-0.05, 0) is 91.5 Å². The van der Waals surface area contributed by atoms with Crippen LogP contribution in [0.2, 0.25) is 0 Å². The number of carbonyl (C=O) groups is 3. The number of ether oxygens (including phenoxy) is 11. The zero-order valence-corrected chi connectivity index (χ0v) is 48.6. The van der Waals surface area contributed by atoms with E-state index in [9.17, 15) is 20.1 Å². The quantitative estimate of drug-likeness (QED) is 0.121. The number of esters is 2. The summed E-state index contributed by atoms with van der Waals surface area (Å²) in [5.74, 6) is -6.30. The maximum atomic E-state index is 15.4. The van der Waals surface area contributed by atoms with E-state index in [4.69, 9.17) is 56.9 Å². The van der Waals surface area contributed by atoms with Crippen molar-refractivity contribution in [3.63, 3.8) is 0 Å². The lowest BCUT2D eigenvalue weighted by molar-refractivity contribution is -0.305. The van der Waals surface area contributed by atoms with Crippen molar-refractivity contribution in [1.29, 1.82) is 0 Å². The van der Waals surface area contributed by atoms with Gasteiger partial charge < -0.3 is 72.3 Å². The Morgan fingerprint density at radius 2 is 1.49 bits per heavy atom. The van der Waals surface area contributed by atoms with Crippen LogP contribution in [0.15, 0.2) is 5.16 Å². The molecule has 20 heteroatoms. The molecule has 5 aliphatic heterocycles. The van der Waals surface area contributed by atoms with Crippen LogP contribution < -0.4 is 0 Å². The summed E-state index contributed by atoms with van der Waals surface area (Å²) in [6, 6.07) is 0.0448. The van der Waals surface area contributed by atoms with E-state index in [2.05, 4.69) is 17.0 Å². The van der Waals surface area contributed by atoms with Crippen molar-refractivity contribution >= 4 is 23.4 Å². The number of ketones is 1. The maximum Gasteiger partial charge on any atom is 0.311 e. The fourth-order valence-corrected chi connectivity index (χ4v) is 12.3. The second-order valence-corrected chi connectivity index (χ2v) is 23.7. The standard InChI is InChI=1S/C56H98N2O18/c1-29(2)23-42(59)73-48-36(9)47(31(4)28-69-55-51(66-15)50(65-14)44(60)39(12)72-55)75-53(63)38(11)49(74-43-24-32(5)58(27-34(7)70-43)20-17-40-18-21-68-22-19-40)35(8)46(30(3)26-56(13,64)52(62)37(48)10)76-54-45(61)41(57-67-16)25-33(6)71-54/h29-40,43-51,54-55,60-61,64H,17-28H2,1-16H3/b57-41+/t30-,31-,32?,33+,34-,35+,36-,37+,38+,39+,43-,44+,45+,46-,47+,48+,49-,50+,51+,54-,55+,56-/m0/s1. The lowest BCUT2D eigenvalue weighted by atomic mass is 9.74. The smallest absolute Gasteiger partial charge is 0.311 e. The highest BCUT2D eigenvalue weighted by Crippen LogP contribution is 2.40. The molecule has 0 aliphatic carbocycles. The van der Waals surface area contributed by atoms with Crippen molar-refractivity contribution in [2.45, 2.75) is 233 Å². The number of hydrogen-bond donors (Lipinski definition) is 3. The van der Waals surface area contributed by atoms with Gasteiger partial charge in [-0.15, -0.1) is 0 Å². The first kappa shape index (κ1) is 64.4. The number of nitrogens with zero attached hydrogens (tertiary/aromatic N) is 2. The van der Waals surface area contributed by atoms with E-state index in [-0.39, 0.29) is 43.9 Å². The zero-order chi connectivity index (χ0) is 56.3. The van der Waals surface area contributed by atoms with Crippen LogP contribution in [0.1, 0.15) is 135 Å². The van der Waals surface area contributed by atoms with E-state index < -0.39 is 139 Å². The molecule has 0 saturated carbocycles. The van der Waals surface area contributed by atoms with Gasteiger partial charge in [-0.2, -0.15) is 0 Å². The Balaban J connectivity index is 1.59. The van der Waals surface area contributed by atoms with Crippen LogP contribution in [0.3, 0.4) is 0 Å². The number of hydrogen-bond acceptors (Lipinski definition) is 20. The molecule has 0 amide bonds. The predicted molar refractivity (Wildman–Crippen MR) is 280 cm³/mol. The first-order valence-electron chi connectivity index (χ1n) is 28.2. The summed E-state index contributed by atoms with van der Waals surface area (Å²) in [4.78, 5) is 51.6. The van der Waals surface area contributed by atoms with Gasteiger partial charge in [0.15, 0.2) is 24.7 Å². The van der Waals surface area contributed by atoms with Crippen molar-refractivity contribution in [3.05, 3.63) is 0 Å². The number of aliphatic hydroxyl groups excluding tert-OH is 2. The molecule has 5 aliphatic rings. The Morgan fingerprint density at radius 1 is 0.816 bits per heavy atom. The molecule has 5 fully saturated rings. The van der Waals surface area contributed by atoms with E-state index in [0.717, 1.165) is 39.0 Å². The number of Topliss-reactive ketones (excluding diaryl/α,β-unsaturated/α-hetero) is 1. The molecular weight excluding hydrogens is 989 g/mol. The minimum absolute atomic E-state index is 0.0448. The van der Waals surface area contributed by atoms with Gasteiger partial charge >= 0.3 is 11.9 Å². The molecule has 5 heterocycles. The minimum atomic E-state index is -2.02. The van der Waals surface area contributed by atoms with E-state index in [1.54, 1.807) is 27.7 Å².